The number of hydrogen-bond acceptors (Lipinski definition) is 6. The highest BCUT2D eigenvalue weighted by molar-refractivity contribution is 8.01. The van der Waals surface area contributed by atoms with Crippen LogP contribution in [0.3, 0.4) is 0 Å². The third-order valence-electron chi connectivity index (χ3n) is 3.22. The summed E-state index contributed by atoms with van der Waals surface area (Å²) in [5.41, 5.74) is 1.48. The zero-order valence-electron chi connectivity index (χ0n) is 13.4. The van der Waals surface area contributed by atoms with Crippen LogP contribution in [0.4, 0.5) is 5.82 Å². The largest absolute Gasteiger partial charge is 0.309 e. The molecule has 0 unspecified atom stereocenters. The number of anilines is 1. The Morgan fingerprint density at radius 1 is 1.31 bits per heavy atom. The Morgan fingerprint density at radius 3 is 2.77 bits per heavy atom. The van der Waals surface area contributed by atoms with E-state index in [4.69, 9.17) is 35.4 Å². The molecule has 0 spiro atoms. The van der Waals surface area contributed by atoms with Crippen molar-refractivity contribution in [1.82, 2.24) is 14.8 Å². The quantitative estimate of drug-likeness (QED) is 0.422. The van der Waals surface area contributed by atoms with E-state index in [0.29, 0.717) is 29.9 Å². The maximum atomic E-state index is 12.2. The van der Waals surface area contributed by atoms with Crippen molar-refractivity contribution in [1.29, 1.82) is 0 Å². The van der Waals surface area contributed by atoms with Gasteiger partial charge in [-0.15, -0.1) is 5.10 Å². The number of carbonyl (C=O) groups is 1. The Kier molecular flexibility index (Phi) is 6.31. The van der Waals surface area contributed by atoms with E-state index in [0.717, 1.165) is 5.69 Å². The van der Waals surface area contributed by atoms with Crippen LogP contribution in [-0.2, 0) is 4.79 Å². The third-order valence-corrected chi connectivity index (χ3v) is 6.26. The van der Waals surface area contributed by atoms with Crippen molar-refractivity contribution < 1.29 is 4.79 Å². The second kappa shape index (κ2) is 8.49. The summed E-state index contributed by atoms with van der Waals surface area (Å²) in [6.45, 7) is 1.74. The van der Waals surface area contributed by atoms with Crippen LogP contribution < -0.4 is 5.32 Å². The van der Waals surface area contributed by atoms with Crippen LogP contribution in [-0.4, -0.2) is 26.4 Å². The second-order valence-corrected chi connectivity index (χ2v) is 8.76. The van der Waals surface area contributed by atoms with Crippen molar-refractivity contribution in [3.8, 4) is 5.69 Å². The minimum absolute atomic E-state index is 0.163. The van der Waals surface area contributed by atoms with Crippen LogP contribution in [0.1, 0.15) is 5.69 Å². The van der Waals surface area contributed by atoms with Crippen molar-refractivity contribution in [2.24, 2.45) is 0 Å². The Morgan fingerprint density at radius 2 is 2.04 bits per heavy atom. The predicted octanol–water partition coefficient (Wildman–Crippen LogP) is 5.40. The van der Waals surface area contributed by atoms with E-state index in [-0.39, 0.29) is 11.7 Å². The third kappa shape index (κ3) is 4.63. The summed E-state index contributed by atoms with van der Waals surface area (Å²) in [4.78, 5) is 16.4. The van der Waals surface area contributed by atoms with Crippen molar-refractivity contribution in [2.75, 3.05) is 11.1 Å². The fraction of sp³-hybridized carbons (Fsp3) is 0.125. The highest BCUT2D eigenvalue weighted by Crippen LogP contribution is 2.27. The molecule has 10 heteroatoms. The van der Waals surface area contributed by atoms with Crippen molar-refractivity contribution in [2.45, 2.75) is 11.3 Å². The topological polar surface area (TPSA) is 59.8 Å². The normalized spacial score (nSPS) is 10.7. The summed E-state index contributed by atoms with van der Waals surface area (Å²) in [7, 11) is 0. The molecule has 1 N–H and O–H groups in total. The summed E-state index contributed by atoms with van der Waals surface area (Å²) in [5, 5.41) is 7.89. The average molecular weight is 443 g/mol. The molecular weight excluding hydrogens is 431 g/mol. The number of thioether (sulfide) groups is 1. The highest BCUT2D eigenvalue weighted by atomic mass is 35.5. The van der Waals surface area contributed by atoms with Gasteiger partial charge in [0.05, 0.1) is 27.2 Å². The first-order chi connectivity index (χ1) is 12.4. The van der Waals surface area contributed by atoms with Crippen LogP contribution in [0.15, 0.2) is 40.7 Å². The number of benzene rings is 1. The van der Waals surface area contributed by atoms with Gasteiger partial charge in [-0.2, -0.15) is 0 Å². The molecular formula is C16H12Cl2N4OS3. The minimum atomic E-state index is -0.237. The molecule has 0 atom stereocenters. The monoisotopic (exact) mass is 442 g/mol. The number of amides is 1. The van der Waals surface area contributed by atoms with Gasteiger partial charge in [-0.25, -0.2) is 9.67 Å². The first kappa shape index (κ1) is 19.3. The molecule has 0 bridgehead atoms. The number of halogens is 2. The Hall–Kier alpha value is -1.45. The number of para-hydroxylation sites is 1. The van der Waals surface area contributed by atoms with Gasteiger partial charge in [-0.1, -0.05) is 64.5 Å². The molecule has 0 aliphatic carbocycles. The molecule has 0 aliphatic rings. The zero-order valence-corrected chi connectivity index (χ0v) is 17.4. The van der Waals surface area contributed by atoms with Gasteiger partial charge in [0.15, 0.2) is 14.1 Å². The molecule has 0 aliphatic heterocycles. The Labute approximate surface area is 173 Å². The van der Waals surface area contributed by atoms with E-state index in [1.54, 1.807) is 17.7 Å². The molecule has 26 heavy (non-hydrogen) atoms. The molecule has 0 saturated carbocycles. The fourth-order valence-corrected chi connectivity index (χ4v) is 4.56. The van der Waals surface area contributed by atoms with Gasteiger partial charge in [0.2, 0.25) is 5.91 Å². The van der Waals surface area contributed by atoms with Crippen molar-refractivity contribution >= 4 is 70.2 Å². The molecule has 5 nitrogen and oxygen atoms in total. The van der Waals surface area contributed by atoms with Gasteiger partial charge < -0.3 is 5.32 Å². The fourth-order valence-electron chi connectivity index (χ4n) is 1.99. The molecule has 1 amide bonds. The molecule has 0 radical (unpaired) electrons. The van der Waals surface area contributed by atoms with Crippen LogP contribution >= 0.6 is 58.5 Å². The summed E-state index contributed by atoms with van der Waals surface area (Å²) >= 11 is 20.0. The molecule has 2 heterocycles. The molecule has 2 aromatic heterocycles. The van der Waals surface area contributed by atoms with Crippen LogP contribution in [0.5, 0.6) is 0 Å². The number of aryl methyl sites for hydroxylation is 1. The summed E-state index contributed by atoms with van der Waals surface area (Å²) in [5.74, 6) is 0.219. The molecule has 3 rings (SSSR count). The SMILES string of the molecule is Cc1nc(NC(=O)CSc2nn(-c3ccccc3)c(=S)s2)c(Cl)cc1Cl. The predicted molar refractivity (Wildman–Crippen MR) is 111 cm³/mol. The average Bonchev–Trinajstić information content (AvgIpc) is 2.99. The maximum absolute atomic E-state index is 12.2. The molecule has 1 aromatic carbocycles. The van der Waals surface area contributed by atoms with Gasteiger partial charge >= 0.3 is 0 Å². The number of carbonyl (C=O) groups excluding carboxylic acids is 1. The molecule has 3 aromatic rings. The van der Waals surface area contributed by atoms with Crippen LogP contribution in [0.25, 0.3) is 5.69 Å². The lowest BCUT2D eigenvalue weighted by Gasteiger charge is -2.07. The van der Waals surface area contributed by atoms with Gasteiger partial charge in [0.1, 0.15) is 0 Å². The summed E-state index contributed by atoms with van der Waals surface area (Å²) in [6.07, 6.45) is 0. The van der Waals surface area contributed by atoms with Gasteiger partial charge in [-0.3, -0.25) is 4.79 Å². The second-order valence-electron chi connectivity index (χ2n) is 5.10. The van der Waals surface area contributed by atoms with Gasteiger partial charge in [-0.05, 0) is 37.3 Å². The van der Waals surface area contributed by atoms with Crippen LogP contribution in [0.2, 0.25) is 10.0 Å². The standard InChI is InChI=1S/C16H12Cl2N4OS3/c1-9-11(17)7-12(18)14(19-9)20-13(23)8-25-15-21-22(16(24)26-15)10-5-3-2-4-6-10/h2-7H,8H2,1H3,(H,19,20,23). The number of aromatic nitrogens is 3. The zero-order chi connectivity index (χ0) is 18.7. The maximum Gasteiger partial charge on any atom is 0.236 e. The number of nitrogens with zero attached hydrogens (tertiary/aromatic N) is 3. The van der Waals surface area contributed by atoms with E-state index >= 15 is 0 Å². The minimum Gasteiger partial charge on any atom is -0.309 e. The lowest BCUT2D eigenvalue weighted by molar-refractivity contribution is -0.113. The first-order valence-electron chi connectivity index (χ1n) is 7.35. The number of rotatable bonds is 5. The smallest absolute Gasteiger partial charge is 0.236 e. The lowest BCUT2D eigenvalue weighted by atomic mass is 10.3. The van der Waals surface area contributed by atoms with E-state index in [2.05, 4.69) is 15.4 Å². The molecule has 0 fully saturated rings. The molecule has 0 saturated heterocycles. The first-order valence-corrected chi connectivity index (χ1v) is 10.3. The summed E-state index contributed by atoms with van der Waals surface area (Å²) < 4.78 is 3.01. The van der Waals surface area contributed by atoms with Gasteiger partial charge in [0.25, 0.3) is 0 Å². The highest BCUT2D eigenvalue weighted by Gasteiger charge is 2.12. The molecule has 134 valence electrons. The number of hydrogen-bond donors (Lipinski definition) is 1. The van der Waals surface area contributed by atoms with Gasteiger partial charge in [0, 0.05) is 0 Å². The van der Waals surface area contributed by atoms with E-state index in [9.17, 15) is 4.79 Å². The van der Waals surface area contributed by atoms with E-state index < -0.39 is 0 Å². The Balaban J connectivity index is 1.65. The Bertz CT molecular complexity index is 1000. The van der Waals surface area contributed by atoms with E-state index in [1.165, 1.54) is 23.1 Å². The van der Waals surface area contributed by atoms with Crippen LogP contribution in [0, 0.1) is 10.9 Å². The number of pyridine rings is 1. The van der Waals surface area contributed by atoms with Crippen molar-refractivity contribution in [3.63, 3.8) is 0 Å². The van der Waals surface area contributed by atoms with Crippen molar-refractivity contribution in [3.05, 3.63) is 56.1 Å². The van der Waals surface area contributed by atoms with E-state index in [1.807, 2.05) is 30.3 Å². The summed E-state index contributed by atoms with van der Waals surface area (Å²) in [6, 6.07) is 11.2. The lowest BCUT2D eigenvalue weighted by Crippen LogP contribution is -2.15. The number of nitrogens with one attached hydrogen (secondary N) is 1.